The molecule has 0 fully saturated rings. The van der Waals surface area contributed by atoms with Crippen LogP contribution < -0.4 is 0 Å². The molecule has 0 radical (unpaired) electrons. The van der Waals surface area contributed by atoms with Crippen molar-refractivity contribution in [1.29, 1.82) is 0 Å². The molecule has 0 saturated carbocycles. The van der Waals surface area contributed by atoms with Gasteiger partial charge in [0, 0.05) is 15.1 Å². The Morgan fingerprint density at radius 2 is 1.65 bits per heavy atom. The van der Waals surface area contributed by atoms with Crippen molar-refractivity contribution in [2.24, 2.45) is 0 Å². The lowest BCUT2D eigenvalue weighted by molar-refractivity contribution is 0.652. The minimum atomic E-state index is -1.74. The SMILES string of the molecule is CN([P@@](C)C(C)(C)C)[P+](C)(n1nnc2ccccc21)C(C)(C)C. The Morgan fingerprint density at radius 1 is 1.09 bits per heavy atom. The second-order valence-electron chi connectivity index (χ2n) is 8.24. The number of rotatable bonds is 3. The fourth-order valence-electron chi connectivity index (χ4n) is 2.68. The van der Waals surface area contributed by atoms with Crippen molar-refractivity contribution in [3.63, 3.8) is 0 Å². The van der Waals surface area contributed by atoms with Gasteiger partial charge in [0.05, 0.1) is 6.66 Å². The summed E-state index contributed by atoms with van der Waals surface area (Å²) in [4.78, 5) is 0. The second kappa shape index (κ2) is 6.06. The van der Waals surface area contributed by atoms with Crippen LogP contribution in [0.4, 0.5) is 0 Å². The van der Waals surface area contributed by atoms with Crippen molar-refractivity contribution in [2.75, 3.05) is 20.4 Å². The molecule has 2 atom stereocenters. The minimum absolute atomic E-state index is 0.111. The van der Waals surface area contributed by atoms with Gasteiger partial charge in [0.1, 0.15) is 16.2 Å². The van der Waals surface area contributed by atoms with E-state index in [2.05, 4.69) is 93.3 Å². The van der Waals surface area contributed by atoms with Crippen LogP contribution in [-0.2, 0) is 0 Å². The summed E-state index contributed by atoms with van der Waals surface area (Å²) >= 11 is 0. The summed E-state index contributed by atoms with van der Waals surface area (Å²) in [5.74, 6) is 0. The molecule has 6 heteroatoms. The summed E-state index contributed by atoms with van der Waals surface area (Å²) in [6, 6.07) is 8.29. The molecule has 1 unspecified atom stereocenters. The second-order valence-corrected chi connectivity index (χ2v) is 15.7. The van der Waals surface area contributed by atoms with E-state index in [1.54, 1.807) is 0 Å². The molecule has 2 rings (SSSR count). The number of aromatic nitrogens is 3. The van der Waals surface area contributed by atoms with Crippen LogP contribution in [0.25, 0.3) is 11.0 Å². The molecule has 23 heavy (non-hydrogen) atoms. The first-order chi connectivity index (χ1) is 10.4. The van der Waals surface area contributed by atoms with Crippen LogP contribution in [-0.4, -0.2) is 49.9 Å². The topological polar surface area (TPSA) is 34.0 Å². The molecule has 4 nitrogen and oxygen atoms in total. The Morgan fingerprint density at radius 3 is 2.17 bits per heavy atom. The van der Waals surface area contributed by atoms with Gasteiger partial charge in [-0.2, -0.15) is 0 Å². The summed E-state index contributed by atoms with van der Waals surface area (Å²) in [5.41, 5.74) is 2.12. The van der Waals surface area contributed by atoms with Crippen LogP contribution in [0.1, 0.15) is 41.5 Å². The maximum atomic E-state index is 4.60. The largest absolute Gasteiger partial charge is 0.208 e. The van der Waals surface area contributed by atoms with E-state index in [4.69, 9.17) is 0 Å². The average Bonchev–Trinajstić information content (AvgIpc) is 2.86. The summed E-state index contributed by atoms with van der Waals surface area (Å²) in [5, 5.41) is 9.41. The van der Waals surface area contributed by atoms with Crippen molar-refractivity contribution in [1.82, 2.24) is 19.2 Å². The lowest BCUT2D eigenvalue weighted by Crippen LogP contribution is -2.36. The molecular weight excluding hydrogens is 322 g/mol. The molecule has 0 N–H and O–H groups in total. The maximum Gasteiger partial charge on any atom is 0.208 e. The quantitative estimate of drug-likeness (QED) is 0.701. The summed E-state index contributed by atoms with van der Waals surface area (Å²) in [7, 11) is 0.241. The van der Waals surface area contributed by atoms with Gasteiger partial charge in [0.15, 0.2) is 0 Å². The van der Waals surface area contributed by atoms with E-state index >= 15 is 0 Å². The lowest BCUT2D eigenvalue weighted by Gasteiger charge is -2.45. The minimum Gasteiger partial charge on any atom is -0.140 e. The van der Waals surface area contributed by atoms with Gasteiger partial charge in [-0.15, -0.1) is 14.0 Å². The molecule has 0 aliphatic carbocycles. The number of hydrogen-bond donors (Lipinski definition) is 0. The van der Waals surface area contributed by atoms with E-state index in [0.29, 0.717) is 0 Å². The molecule has 0 bridgehead atoms. The molecular formula is C17H31N4P2+. The van der Waals surface area contributed by atoms with Gasteiger partial charge in [0.2, 0.25) is 7.56 Å². The third kappa shape index (κ3) is 3.18. The van der Waals surface area contributed by atoms with Crippen LogP contribution in [0.15, 0.2) is 24.3 Å². The van der Waals surface area contributed by atoms with Crippen molar-refractivity contribution in [3.8, 4) is 0 Å². The molecule has 2 aromatic rings. The molecule has 1 heterocycles. The Bertz CT molecular complexity index is 684. The van der Waals surface area contributed by atoms with Gasteiger partial charge < -0.3 is 0 Å². The summed E-state index contributed by atoms with van der Waals surface area (Å²) in [6.07, 6.45) is 0. The highest BCUT2D eigenvalue weighted by Crippen LogP contribution is 2.76. The lowest BCUT2D eigenvalue weighted by atomic mass is 10.3. The number of benzene rings is 1. The Hall–Kier alpha value is -0.560. The van der Waals surface area contributed by atoms with E-state index < -0.39 is 7.56 Å². The fourth-order valence-corrected chi connectivity index (χ4v) is 9.94. The predicted molar refractivity (Wildman–Crippen MR) is 106 cm³/mol. The average molecular weight is 353 g/mol. The first-order valence-corrected chi connectivity index (χ1v) is 11.9. The Labute approximate surface area is 142 Å². The third-order valence-corrected chi connectivity index (χ3v) is 14.3. The number of para-hydroxylation sites is 1. The van der Waals surface area contributed by atoms with Crippen molar-refractivity contribution >= 4 is 26.7 Å². The van der Waals surface area contributed by atoms with Crippen LogP contribution in [0.5, 0.6) is 0 Å². The van der Waals surface area contributed by atoms with Gasteiger partial charge in [-0.1, -0.05) is 32.9 Å². The van der Waals surface area contributed by atoms with E-state index in [9.17, 15) is 0 Å². The zero-order valence-corrected chi connectivity index (χ0v) is 17.8. The van der Waals surface area contributed by atoms with E-state index in [1.807, 2.05) is 12.1 Å². The fraction of sp³-hybridized carbons (Fsp3) is 0.647. The first-order valence-electron chi connectivity index (χ1n) is 8.06. The van der Waals surface area contributed by atoms with E-state index in [1.165, 1.54) is 0 Å². The first kappa shape index (κ1) is 18.8. The monoisotopic (exact) mass is 353 g/mol. The smallest absolute Gasteiger partial charge is 0.140 e. The van der Waals surface area contributed by atoms with Crippen molar-refractivity contribution < 1.29 is 0 Å². The molecule has 0 aliphatic rings. The van der Waals surface area contributed by atoms with E-state index in [0.717, 1.165) is 11.0 Å². The molecule has 0 spiro atoms. The molecule has 0 saturated heterocycles. The van der Waals surface area contributed by atoms with Gasteiger partial charge in [-0.05, 0) is 49.9 Å². The van der Waals surface area contributed by atoms with Crippen molar-refractivity contribution in [3.05, 3.63) is 24.3 Å². The number of nitrogens with zero attached hydrogens (tertiary/aromatic N) is 4. The van der Waals surface area contributed by atoms with Crippen molar-refractivity contribution in [2.45, 2.75) is 51.9 Å². The molecule has 0 amide bonds. The molecule has 128 valence electrons. The molecule has 1 aromatic carbocycles. The highest BCUT2D eigenvalue weighted by atomic mass is 31.2. The highest BCUT2D eigenvalue weighted by Gasteiger charge is 2.56. The number of hydrogen-bond acceptors (Lipinski definition) is 3. The summed E-state index contributed by atoms with van der Waals surface area (Å²) < 4.78 is 4.86. The normalized spacial score (nSPS) is 17.5. The Kier molecular flexibility index (Phi) is 4.95. The third-order valence-electron chi connectivity index (χ3n) is 4.94. The number of fused-ring (bicyclic) bond motifs is 1. The van der Waals surface area contributed by atoms with Gasteiger partial charge in [0.25, 0.3) is 0 Å². The van der Waals surface area contributed by atoms with Gasteiger partial charge >= 0.3 is 0 Å². The zero-order chi connectivity index (χ0) is 17.6. The van der Waals surface area contributed by atoms with Crippen LogP contribution in [0.2, 0.25) is 0 Å². The highest BCUT2D eigenvalue weighted by molar-refractivity contribution is 7.81. The van der Waals surface area contributed by atoms with Crippen LogP contribution >= 0.6 is 15.6 Å². The van der Waals surface area contributed by atoms with Gasteiger partial charge in [-0.25, -0.2) is 0 Å². The molecule has 1 aromatic heterocycles. The van der Waals surface area contributed by atoms with E-state index in [-0.39, 0.29) is 18.4 Å². The van der Waals surface area contributed by atoms with Crippen LogP contribution in [0, 0.1) is 0 Å². The standard InChI is InChI=1S/C17H31N4P2/c1-16(2,3)22(8)20(7)23(9,17(4,5)6)21-15-13-11-10-12-14(15)18-19-21/h10-13H,1-9H3/q+1/t22-,23?/m0/s1. The predicted octanol–water partition coefficient (Wildman–Crippen LogP) is 5.31. The van der Waals surface area contributed by atoms with Gasteiger partial charge in [-0.3, -0.25) is 0 Å². The Balaban J connectivity index is 2.66. The maximum absolute atomic E-state index is 4.60. The molecule has 0 aliphatic heterocycles. The van der Waals surface area contributed by atoms with Crippen LogP contribution in [0.3, 0.4) is 0 Å². The summed E-state index contributed by atoms with van der Waals surface area (Å²) in [6.45, 7) is 18.8. The zero-order valence-electron chi connectivity index (χ0n) is 16.0.